The van der Waals surface area contributed by atoms with Crippen LogP contribution in [0.5, 0.6) is 0 Å². The van der Waals surface area contributed by atoms with Gasteiger partial charge in [-0.3, -0.25) is 5.10 Å². The lowest BCUT2D eigenvalue weighted by Gasteiger charge is -2.19. The van der Waals surface area contributed by atoms with Gasteiger partial charge in [0.25, 0.3) is 0 Å². The maximum atomic E-state index is 14.3. The molecule has 0 aliphatic rings. The summed E-state index contributed by atoms with van der Waals surface area (Å²) < 4.78 is 44.4. The Kier molecular flexibility index (Phi) is 4.44. The Morgan fingerprint density at radius 2 is 2.00 bits per heavy atom. The predicted octanol–water partition coefficient (Wildman–Crippen LogP) is 1.97. The van der Waals surface area contributed by atoms with Gasteiger partial charge in [0.1, 0.15) is 22.6 Å². The van der Waals surface area contributed by atoms with E-state index in [0.29, 0.717) is 17.2 Å². The number of benzene rings is 1. The van der Waals surface area contributed by atoms with Crippen molar-refractivity contribution >= 4 is 10.0 Å². The fourth-order valence-electron chi connectivity index (χ4n) is 2.77. The molecule has 7 nitrogen and oxygen atoms in total. The van der Waals surface area contributed by atoms with Crippen LogP contribution in [0.1, 0.15) is 28.8 Å². The summed E-state index contributed by atoms with van der Waals surface area (Å²) >= 11 is 0. The standard InChI is InChI=1S/C16H18FN5O2S/c1-10-15(11(2)20-19-10)25(23,24)21-14(16-18-8-9-22(16)3)12-6-4-5-7-13(12)17/h4-9,14,21H,1-3H3,(H,19,20)/t14-/m1/s1. The molecule has 3 rings (SSSR count). The van der Waals surface area contributed by atoms with Crippen LogP contribution in [0.4, 0.5) is 4.39 Å². The van der Waals surface area contributed by atoms with E-state index in [1.807, 2.05) is 0 Å². The van der Waals surface area contributed by atoms with E-state index in [2.05, 4.69) is 19.9 Å². The van der Waals surface area contributed by atoms with Gasteiger partial charge in [0.2, 0.25) is 10.0 Å². The van der Waals surface area contributed by atoms with Crippen LogP contribution in [-0.2, 0) is 17.1 Å². The van der Waals surface area contributed by atoms with Gasteiger partial charge in [0.05, 0.1) is 11.4 Å². The molecule has 1 aromatic carbocycles. The molecule has 2 aromatic heterocycles. The molecule has 3 aromatic rings. The molecule has 0 radical (unpaired) electrons. The number of aromatic amines is 1. The Labute approximate surface area is 145 Å². The summed E-state index contributed by atoms with van der Waals surface area (Å²) in [5, 5.41) is 6.57. The van der Waals surface area contributed by atoms with Crippen molar-refractivity contribution in [3.8, 4) is 0 Å². The highest BCUT2D eigenvalue weighted by atomic mass is 32.2. The number of hydrogen-bond acceptors (Lipinski definition) is 4. The van der Waals surface area contributed by atoms with Crippen LogP contribution in [0.3, 0.4) is 0 Å². The van der Waals surface area contributed by atoms with Gasteiger partial charge in [-0.05, 0) is 19.9 Å². The maximum Gasteiger partial charge on any atom is 0.245 e. The van der Waals surface area contributed by atoms with Crippen molar-refractivity contribution in [2.75, 3.05) is 0 Å². The first-order chi connectivity index (χ1) is 11.8. The Hall–Kier alpha value is -2.52. The SMILES string of the molecule is Cc1n[nH]c(C)c1S(=O)(=O)N[C@H](c1ccccc1F)c1nccn1C. The number of halogens is 1. The van der Waals surface area contributed by atoms with E-state index in [1.54, 1.807) is 43.8 Å². The molecule has 132 valence electrons. The molecule has 9 heteroatoms. The highest BCUT2D eigenvalue weighted by Gasteiger charge is 2.30. The molecule has 0 bridgehead atoms. The van der Waals surface area contributed by atoms with Crippen molar-refractivity contribution in [1.82, 2.24) is 24.5 Å². The summed E-state index contributed by atoms with van der Waals surface area (Å²) in [6.45, 7) is 3.21. The van der Waals surface area contributed by atoms with E-state index in [-0.39, 0.29) is 10.5 Å². The van der Waals surface area contributed by atoms with Gasteiger partial charge < -0.3 is 4.57 Å². The molecule has 2 heterocycles. The predicted molar refractivity (Wildman–Crippen MR) is 89.8 cm³/mol. The molecule has 0 fully saturated rings. The highest BCUT2D eigenvalue weighted by Crippen LogP contribution is 2.26. The molecule has 0 spiro atoms. The number of rotatable bonds is 5. The molecule has 25 heavy (non-hydrogen) atoms. The van der Waals surface area contributed by atoms with E-state index in [4.69, 9.17) is 0 Å². The smallest absolute Gasteiger partial charge is 0.245 e. The second-order valence-corrected chi connectivity index (χ2v) is 7.39. The highest BCUT2D eigenvalue weighted by molar-refractivity contribution is 7.89. The van der Waals surface area contributed by atoms with Crippen molar-refractivity contribution in [2.24, 2.45) is 7.05 Å². The summed E-state index contributed by atoms with van der Waals surface area (Å²) in [6, 6.07) is 5.05. The number of nitrogens with one attached hydrogen (secondary N) is 2. The van der Waals surface area contributed by atoms with Crippen molar-refractivity contribution in [2.45, 2.75) is 24.8 Å². The van der Waals surface area contributed by atoms with E-state index in [1.165, 1.54) is 18.3 Å². The molecular formula is C16H18FN5O2S. The second-order valence-electron chi connectivity index (χ2n) is 5.74. The Morgan fingerprint density at radius 3 is 2.56 bits per heavy atom. The largest absolute Gasteiger partial charge is 0.336 e. The zero-order valence-corrected chi connectivity index (χ0v) is 14.8. The van der Waals surface area contributed by atoms with Gasteiger partial charge in [-0.15, -0.1) is 0 Å². The van der Waals surface area contributed by atoms with Gasteiger partial charge in [0.15, 0.2) is 0 Å². The van der Waals surface area contributed by atoms with Gasteiger partial charge in [-0.2, -0.15) is 9.82 Å². The van der Waals surface area contributed by atoms with Crippen molar-refractivity contribution in [3.05, 3.63) is 65.3 Å². The number of aromatic nitrogens is 4. The van der Waals surface area contributed by atoms with Crippen molar-refractivity contribution < 1.29 is 12.8 Å². The third-order valence-electron chi connectivity index (χ3n) is 3.94. The van der Waals surface area contributed by atoms with Gasteiger partial charge >= 0.3 is 0 Å². The minimum Gasteiger partial charge on any atom is -0.336 e. The zero-order chi connectivity index (χ0) is 18.2. The van der Waals surface area contributed by atoms with E-state index < -0.39 is 21.9 Å². The normalized spacial score (nSPS) is 13.1. The van der Waals surface area contributed by atoms with Crippen molar-refractivity contribution in [3.63, 3.8) is 0 Å². The number of nitrogens with zero attached hydrogens (tertiary/aromatic N) is 3. The third-order valence-corrected chi connectivity index (χ3v) is 5.62. The lowest BCUT2D eigenvalue weighted by atomic mass is 10.1. The number of hydrogen-bond donors (Lipinski definition) is 2. The topological polar surface area (TPSA) is 92.7 Å². The summed E-state index contributed by atoms with van der Waals surface area (Å²) in [6.07, 6.45) is 3.21. The molecule has 1 atom stereocenters. The van der Waals surface area contributed by atoms with Crippen LogP contribution in [0, 0.1) is 19.7 Å². The Balaban J connectivity index is 2.11. The molecule has 2 N–H and O–H groups in total. The number of sulfonamides is 1. The molecule has 0 amide bonds. The molecule has 0 saturated heterocycles. The quantitative estimate of drug-likeness (QED) is 0.725. The van der Waals surface area contributed by atoms with Crippen LogP contribution >= 0.6 is 0 Å². The maximum absolute atomic E-state index is 14.3. The lowest BCUT2D eigenvalue weighted by molar-refractivity contribution is 0.544. The van der Waals surface area contributed by atoms with E-state index in [0.717, 1.165) is 0 Å². The number of H-pyrrole nitrogens is 1. The zero-order valence-electron chi connectivity index (χ0n) is 14.0. The fourth-order valence-corrected chi connectivity index (χ4v) is 4.31. The summed E-state index contributed by atoms with van der Waals surface area (Å²) in [4.78, 5) is 4.25. The minimum absolute atomic E-state index is 0.0584. The average Bonchev–Trinajstić information content (AvgIpc) is 3.11. The van der Waals surface area contributed by atoms with Gasteiger partial charge in [-0.1, -0.05) is 18.2 Å². The molecule has 0 unspecified atom stereocenters. The first-order valence-electron chi connectivity index (χ1n) is 7.57. The second kappa shape index (κ2) is 6.41. The summed E-state index contributed by atoms with van der Waals surface area (Å²) in [7, 11) is -2.23. The Morgan fingerprint density at radius 1 is 1.28 bits per heavy atom. The first-order valence-corrected chi connectivity index (χ1v) is 9.05. The summed E-state index contributed by atoms with van der Waals surface area (Å²) in [5.74, 6) is -0.133. The number of aryl methyl sites for hydroxylation is 3. The van der Waals surface area contributed by atoms with Crippen LogP contribution in [0.2, 0.25) is 0 Å². The van der Waals surface area contributed by atoms with E-state index >= 15 is 0 Å². The van der Waals surface area contributed by atoms with Crippen LogP contribution in [-0.4, -0.2) is 28.2 Å². The monoisotopic (exact) mass is 363 g/mol. The van der Waals surface area contributed by atoms with Crippen molar-refractivity contribution in [1.29, 1.82) is 0 Å². The lowest BCUT2D eigenvalue weighted by Crippen LogP contribution is -2.32. The molecule has 0 saturated carbocycles. The molecule has 0 aliphatic heterocycles. The van der Waals surface area contributed by atoms with Crippen LogP contribution in [0.15, 0.2) is 41.6 Å². The fraction of sp³-hybridized carbons (Fsp3) is 0.250. The summed E-state index contributed by atoms with van der Waals surface area (Å²) in [5.41, 5.74) is 0.952. The van der Waals surface area contributed by atoms with E-state index in [9.17, 15) is 12.8 Å². The number of imidazole rings is 1. The minimum atomic E-state index is -3.95. The van der Waals surface area contributed by atoms with Crippen LogP contribution < -0.4 is 4.72 Å². The average molecular weight is 363 g/mol. The van der Waals surface area contributed by atoms with Gasteiger partial charge in [0, 0.05) is 25.0 Å². The van der Waals surface area contributed by atoms with Gasteiger partial charge in [-0.25, -0.2) is 17.8 Å². The molecule has 0 aliphatic carbocycles. The third kappa shape index (κ3) is 3.20. The first kappa shape index (κ1) is 17.3. The Bertz CT molecular complexity index is 990. The molecular weight excluding hydrogens is 345 g/mol. The van der Waals surface area contributed by atoms with Crippen LogP contribution in [0.25, 0.3) is 0 Å².